The summed E-state index contributed by atoms with van der Waals surface area (Å²) in [5, 5.41) is 15.8. The monoisotopic (exact) mass is 503 g/mol. The zero-order valence-electron chi connectivity index (χ0n) is 21.7. The van der Waals surface area contributed by atoms with Crippen LogP contribution >= 0.6 is 11.6 Å². The lowest BCUT2D eigenvalue weighted by molar-refractivity contribution is -0.0591. The fourth-order valence-electron chi connectivity index (χ4n) is 3.91. The zero-order valence-corrected chi connectivity index (χ0v) is 19.4. The number of hydrogen-bond donors (Lipinski definition) is 1. The molecule has 0 unspecified atom stereocenters. The van der Waals surface area contributed by atoms with E-state index in [2.05, 4.69) is 10.1 Å². The van der Waals surface area contributed by atoms with Crippen molar-refractivity contribution in [3.8, 4) is 11.1 Å². The molecule has 1 heterocycles. The van der Waals surface area contributed by atoms with Crippen molar-refractivity contribution in [2.75, 3.05) is 6.98 Å². The quantitative estimate of drug-likeness (QED) is 0.348. The van der Waals surface area contributed by atoms with Crippen LogP contribution in [0.1, 0.15) is 22.2 Å². The highest BCUT2D eigenvalue weighted by Gasteiger charge is 2.41. The maximum atomic E-state index is 14.9. The van der Waals surface area contributed by atoms with E-state index in [0.717, 1.165) is 17.0 Å². The maximum Gasteiger partial charge on any atom is 0.142 e. The summed E-state index contributed by atoms with van der Waals surface area (Å²) in [6, 6.07) is 12.7. The smallest absolute Gasteiger partial charge is 0.142 e. The van der Waals surface area contributed by atoms with Gasteiger partial charge in [0.05, 0.1) is 11.6 Å². The summed E-state index contributed by atoms with van der Waals surface area (Å²) in [6.45, 7) is -1.74. The molecule has 0 saturated carbocycles. The number of benzene rings is 3. The van der Waals surface area contributed by atoms with Gasteiger partial charge in [0.2, 0.25) is 0 Å². The third-order valence-corrected chi connectivity index (χ3v) is 6.29. The van der Waals surface area contributed by atoms with Gasteiger partial charge in [0.1, 0.15) is 35.7 Å². The first-order chi connectivity index (χ1) is 17.9. The molecule has 0 bridgehead atoms. The van der Waals surface area contributed by atoms with Crippen molar-refractivity contribution in [1.29, 1.82) is 0 Å². The highest BCUT2D eigenvalue weighted by atomic mass is 35.5. The van der Waals surface area contributed by atoms with Gasteiger partial charge in [0, 0.05) is 28.3 Å². The lowest BCUT2D eigenvalue weighted by Gasteiger charge is -2.40. The van der Waals surface area contributed by atoms with Gasteiger partial charge in [-0.2, -0.15) is 5.10 Å². The van der Waals surface area contributed by atoms with Crippen molar-refractivity contribution in [1.82, 2.24) is 19.7 Å². The van der Waals surface area contributed by atoms with E-state index in [0.29, 0.717) is 22.8 Å². The van der Waals surface area contributed by atoms with E-state index in [-0.39, 0.29) is 23.7 Å². The van der Waals surface area contributed by atoms with Gasteiger partial charge in [-0.15, -0.1) is 0 Å². The normalized spacial score (nSPS) is 15.8. The summed E-state index contributed by atoms with van der Waals surface area (Å²) in [6.07, 6.45) is 2.53. The van der Waals surface area contributed by atoms with Gasteiger partial charge in [-0.3, -0.25) is 4.90 Å². The molecule has 182 valence electrons. The number of likely N-dealkylation sites (N-methyl/N-ethyl adjacent to an activating group) is 1. The van der Waals surface area contributed by atoms with Crippen molar-refractivity contribution in [3.63, 3.8) is 0 Å². The molecule has 0 aliphatic heterocycles. The molecule has 2 atom stereocenters. The molecule has 9 heteroatoms. The van der Waals surface area contributed by atoms with Crippen molar-refractivity contribution in [2.24, 2.45) is 0 Å². The van der Waals surface area contributed by atoms with Crippen molar-refractivity contribution < 1.29 is 22.4 Å². The molecule has 0 radical (unpaired) electrons. The summed E-state index contributed by atoms with van der Waals surface area (Å²) < 4.78 is 68.3. The number of nitrogens with zero attached hydrogens (tertiary/aromatic N) is 4. The Labute approximate surface area is 210 Å². The van der Waals surface area contributed by atoms with Crippen LogP contribution in [0.4, 0.5) is 13.2 Å². The SMILES string of the molecule is [2H]C([2H])([2H])N(Cc1ccc(-c2ccc(Cl)c(F)c2)cc1)[C@H](C)[C@](O)(Cn1cncn1)c1ccc(F)cc1F. The number of aliphatic hydroxyl groups is 1. The molecule has 4 rings (SSSR count). The molecule has 0 saturated heterocycles. The Balaban J connectivity index is 1.69. The molecule has 35 heavy (non-hydrogen) atoms. The fraction of sp³-hybridized carbons (Fsp3) is 0.231. The highest BCUT2D eigenvalue weighted by molar-refractivity contribution is 6.30. The predicted molar refractivity (Wildman–Crippen MR) is 128 cm³/mol. The van der Waals surface area contributed by atoms with Crippen molar-refractivity contribution in [2.45, 2.75) is 31.7 Å². The van der Waals surface area contributed by atoms with E-state index in [9.17, 15) is 18.3 Å². The molecule has 0 amide bonds. The number of rotatable bonds is 8. The Morgan fingerprint density at radius 1 is 1.06 bits per heavy atom. The van der Waals surface area contributed by atoms with E-state index < -0.39 is 36.1 Å². The molecular weight excluding hydrogens is 477 g/mol. The Bertz CT molecular complexity index is 1400. The third-order valence-electron chi connectivity index (χ3n) is 5.99. The van der Waals surface area contributed by atoms with Crippen LogP contribution in [0.2, 0.25) is 5.02 Å². The predicted octanol–water partition coefficient (Wildman–Crippen LogP) is 5.42. The van der Waals surface area contributed by atoms with Crippen LogP contribution in [0, 0.1) is 17.5 Å². The minimum absolute atomic E-state index is 0.00338. The van der Waals surface area contributed by atoms with Gasteiger partial charge in [-0.05, 0) is 48.8 Å². The maximum absolute atomic E-state index is 14.9. The van der Waals surface area contributed by atoms with E-state index >= 15 is 0 Å². The van der Waals surface area contributed by atoms with Gasteiger partial charge in [-0.25, -0.2) is 22.8 Å². The molecule has 1 N–H and O–H groups in total. The number of halogens is 4. The molecule has 1 aromatic heterocycles. The van der Waals surface area contributed by atoms with Crippen LogP contribution in [0.5, 0.6) is 0 Å². The Kier molecular flexibility index (Phi) is 6.15. The first kappa shape index (κ1) is 21.1. The molecule has 0 spiro atoms. The molecule has 0 aliphatic rings. The molecule has 5 nitrogen and oxygen atoms in total. The van der Waals surface area contributed by atoms with Gasteiger partial charge in [0.15, 0.2) is 0 Å². The van der Waals surface area contributed by atoms with Crippen LogP contribution in [0.25, 0.3) is 11.1 Å². The molecule has 0 aliphatic carbocycles. The molecule has 4 aromatic rings. The molecule has 0 fully saturated rings. The van der Waals surface area contributed by atoms with Gasteiger partial charge < -0.3 is 5.11 Å². The standard InChI is InChI=1S/C26H24ClF3N4O/c1-17(26(35,14-34-16-31-15-32-34)22-9-8-21(28)12-24(22)29)33(2)13-18-3-5-19(6-4-18)20-7-10-23(27)25(30)11-20/h3-12,15-17,35H,13-14H2,1-2H3/t17-,26-/m1/s1/i2D3. The van der Waals surface area contributed by atoms with Gasteiger partial charge in [-0.1, -0.05) is 48.0 Å². The van der Waals surface area contributed by atoms with Crippen molar-refractivity contribution >= 4 is 11.6 Å². The summed E-state index contributed by atoms with van der Waals surface area (Å²) in [7, 11) is 0. The fourth-order valence-corrected chi connectivity index (χ4v) is 4.03. The van der Waals surface area contributed by atoms with Crippen LogP contribution in [0.3, 0.4) is 0 Å². The van der Waals surface area contributed by atoms with E-state index in [4.69, 9.17) is 15.7 Å². The largest absolute Gasteiger partial charge is 0.381 e. The topological polar surface area (TPSA) is 54.2 Å². The van der Waals surface area contributed by atoms with Gasteiger partial charge in [0.25, 0.3) is 0 Å². The van der Waals surface area contributed by atoms with E-state index in [1.807, 2.05) is 0 Å². The summed E-state index contributed by atoms with van der Waals surface area (Å²) in [5.74, 6) is -2.42. The average Bonchev–Trinajstić information content (AvgIpc) is 3.36. The minimum Gasteiger partial charge on any atom is -0.381 e. The lowest BCUT2D eigenvalue weighted by Crippen LogP contribution is -2.50. The number of hydrogen-bond acceptors (Lipinski definition) is 4. The van der Waals surface area contributed by atoms with E-state index in [1.165, 1.54) is 36.4 Å². The first-order valence-electron chi connectivity index (χ1n) is 12.2. The highest BCUT2D eigenvalue weighted by Crippen LogP contribution is 2.33. The zero-order chi connectivity index (χ0) is 27.7. The second-order valence-electron chi connectivity index (χ2n) is 8.27. The Morgan fingerprint density at radius 2 is 1.80 bits per heavy atom. The van der Waals surface area contributed by atoms with Gasteiger partial charge >= 0.3 is 0 Å². The van der Waals surface area contributed by atoms with Crippen molar-refractivity contribution in [3.05, 3.63) is 107 Å². The second-order valence-corrected chi connectivity index (χ2v) is 8.68. The van der Waals surface area contributed by atoms with Crippen LogP contribution in [0.15, 0.2) is 73.3 Å². The van der Waals surface area contributed by atoms with Crippen LogP contribution < -0.4 is 0 Å². The summed E-state index contributed by atoms with van der Waals surface area (Å²) in [4.78, 5) is 4.89. The lowest BCUT2D eigenvalue weighted by atomic mass is 9.85. The average molecular weight is 504 g/mol. The minimum atomic E-state index is -2.70. The Hall–Kier alpha value is -3.20. The third kappa shape index (κ3) is 5.40. The van der Waals surface area contributed by atoms with Crippen LogP contribution in [-0.2, 0) is 18.7 Å². The number of aromatic nitrogens is 3. The second kappa shape index (κ2) is 10.2. The van der Waals surface area contributed by atoms with Crippen LogP contribution in [-0.4, -0.2) is 37.8 Å². The van der Waals surface area contributed by atoms with E-state index in [1.54, 1.807) is 30.3 Å². The summed E-state index contributed by atoms with van der Waals surface area (Å²) >= 11 is 5.76. The molecular formula is C26H24ClF3N4O. The Morgan fingerprint density at radius 3 is 2.43 bits per heavy atom. The first-order valence-corrected chi connectivity index (χ1v) is 11.1. The summed E-state index contributed by atoms with van der Waals surface area (Å²) in [5.41, 5.74) is -0.562. The molecule has 3 aromatic carbocycles.